The molecule has 1 aromatic carbocycles. The molecule has 0 aromatic heterocycles. The molecule has 4 heteroatoms. The van der Waals surface area contributed by atoms with Crippen LogP contribution in [0.3, 0.4) is 0 Å². The molecule has 0 bridgehead atoms. The van der Waals surface area contributed by atoms with Gasteiger partial charge in [-0.2, -0.15) is 0 Å². The van der Waals surface area contributed by atoms with E-state index in [4.69, 9.17) is 0 Å². The van der Waals surface area contributed by atoms with Crippen LogP contribution in [0.2, 0.25) is 0 Å². The Hall–Kier alpha value is -0.900. The largest absolute Gasteiger partial charge is 0.465 e. The third-order valence-electron chi connectivity index (χ3n) is 2.12. The van der Waals surface area contributed by atoms with E-state index >= 15 is 0 Å². The number of hydrogen-bond donors (Lipinski definition) is 0. The number of hydrogen-bond acceptors (Lipinski definition) is 2. The minimum Gasteiger partial charge on any atom is -0.465 e. The van der Waals surface area contributed by atoms with Crippen LogP contribution in [0, 0.1) is 5.82 Å². The Morgan fingerprint density at radius 2 is 2.07 bits per heavy atom. The Balaban J connectivity index is 3.31. The summed E-state index contributed by atoms with van der Waals surface area (Å²) in [5.74, 6) is -1.01. The zero-order chi connectivity index (χ0) is 11.6. The topological polar surface area (TPSA) is 26.3 Å². The van der Waals surface area contributed by atoms with E-state index in [2.05, 4.69) is 20.7 Å². The molecule has 15 heavy (non-hydrogen) atoms. The van der Waals surface area contributed by atoms with Gasteiger partial charge in [-0.25, -0.2) is 9.18 Å². The van der Waals surface area contributed by atoms with Crippen LogP contribution in [-0.2, 0) is 4.74 Å². The SMILES string of the molecule is COC(=O)c1cc(C(C)C)cc(Br)c1F. The van der Waals surface area contributed by atoms with Crippen LogP contribution < -0.4 is 0 Å². The Kier molecular flexibility index (Phi) is 3.85. The molecule has 0 atom stereocenters. The van der Waals surface area contributed by atoms with Crippen molar-refractivity contribution in [2.24, 2.45) is 0 Å². The summed E-state index contributed by atoms with van der Waals surface area (Å²) in [6.45, 7) is 3.95. The normalized spacial score (nSPS) is 10.5. The minimum absolute atomic E-state index is 0.0319. The number of esters is 1. The number of carbonyl (C=O) groups excluding carboxylic acids is 1. The summed E-state index contributed by atoms with van der Waals surface area (Å²) in [7, 11) is 1.23. The molecule has 0 fully saturated rings. The van der Waals surface area contributed by atoms with Gasteiger partial charge in [0.2, 0.25) is 0 Å². The lowest BCUT2D eigenvalue weighted by Gasteiger charge is -2.09. The third-order valence-corrected chi connectivity index (χ3v) is 2.70. The molecule has 0 aliphatic heterocycles. The Morgan fingerprint density at radius 1 is 1.47 bits per heavy atom. The molecular weight excluding hydrogens is 263 g/mol. The van der Waals surface area contributed by atoms with E-state index in [9.17, 15) is 9.18 Å². The highest BCUT2D eigenvalue weighted by Crippen LogP contribution is 2.26. The van der Waals surface area contributed by atoms with E-state index in [1.165, 1.54) is 13.2 Å². The van der Waals surface area contributed by atoms with Gasteiger partial charge in [-0.3, -0.25) is 0 Å². The van der Waals surface area contributed by atoms with Gasteiger partial charge in [-0.1, -0.05) is 13.8 Å². The van der Waals surface area contributed by atoms with Gasteiger partial charge in [0.15, 0.2) is 5.82 Å². The number of rotatable bonds is 2. The van der Waals surface area contributed by atoms with Crippen molar-refractivity contribution in [1.29, 1.82) is 0 Å². The quantitative estimate of drug-likeness (QED) is 0.772. The van der Waals surface area contributed by atoms with Crippen LogP contribution >= 0.6 is 15.9 Å². The summed E-state index contributed by atoms with van der Waals surface area (Å²) in [6.07, 6.45) is 0. The molecule has 0 N–H and O–H groups in total. The van der Waals surface area contributed by atoms with Crippen molar-refractivity contribution < 1.29 is 13.9 Å². The summed E-state index contributed by atoms with van der Waals surface area (Å²) in [5.41, 5.74) is 0.860. The average molecular weight is 275 g/mol. The molecule has 0 heterocycles. The molecule has 0 aliphatic carbocycles. The van der Waals surface area contributed by atoms with E-state index in [-0.39, 0.29) is 16.0 Å². The van der Waals surface area contributed by atoms with E-state index in [0.29, 0.717) is 0 Å². The predicted octanol–water partition coefficient (Wildman–Crippen LogP) is 3.50. The highest BCUT2D eigenvalue weighted by Gasteiger charge is 2.17. The van der Waals surface area contributed by atoms with Crippen LogP contribution in [0.15, 0.2) is 16.6 Å². The smallest absolute Gasteiger partial charge is 0.340 e. The molecule has 2 nitrogen and oxygen atoms in total. The second-order valence-corrected chi connectivity index (χ2v) is 4.36. The number of methoxy groups -OCH3 is 1. The molecule has 0 saturated heterocycles. The fraction of sp³-hybridized carbons (Fsp3) is 0.364. The molecule has 0 spiro atoms. The van der Waals surface area contributed by atoms with Crippen molar-refractivity contribution >= 4 is 21.9 Å². The minimum atomic E-state index is -0.657. The van der Waals surface area contributed by atoms with Crippen molar-refractivity contribution in [3.63, 3.8) is 0 Å². The fourth-order valence-corrected chi connectivity index (χ4v) is 1.68. The average Bonchev–Trinajstić information content (AvgIpc) is 2.20. The number of halogens is 2. The third kappa shape index (κ3) is 2.56. The van der Waals surface area contributed by atoms with Gasteiger partial charge in [-0.05, 0) is 39.5 Å². The first kappa shape index (κ1) is 12.2. The van der Waals surface area contributed by atoms with Crippen molar-refractivity contribution in [3.05, 3.63) is 33.5 Å². The number of ether oxygens (including phenoxy) is 1. The van der Waals surface area contributed by atoms with Gasteiger partial charge in [-0.15, -0.1) is 0 Å². The maximum absolute atomic E-state index is 13.5. The van der Waals surface area contributed by atoms with E-state index in [0.717, 1.165) is 5.56 Å². The first-order valence-corrected chi connectivity index (χ1v) is 5.34. The molecule has 0 saturated carbocycles. The van der Waals surface area contributed by atoms with Crippen LogP contribution in [-0.4, -0.2) is 13.1 Å². The zero-order valence-electron chi connectivity index (χ0n) is 8.80. The summed E-state index contributed by atoms with van der Waals surface area (Å²) in [5, 5.41) is 0. The fourth-order valence-electron chi connectivity index (χ4n) is 1.20. The van der Waals surface area contributed by atoms with Crippen LogP contribution in [0.4, 0.5) is 4.39 Å². The molecule has 0 amide bonds. The van der Waals surface area contributed by atoms with E-state index in [1.807, 2.05) is 13.8 Å². The monoisotopic (exact) mass is 274 g/mol. The number of carbonyl (C=O) groups is 1. The van der Waals surface area contributed by atoms with Crippen molar-refractivity contribution in [2.75, 3.05) is 7.11 Å². The van der Waals surface area contributed by atoms with Crippen LogP contribution in [0.5, 0.6) is 0 Å². The zero-order valence-corrected chi connectivity index (χ0v) is 10.4. The van der Waals surface area contributed by atoms with Gasteiger partial charge in [0.05, 0.1) is 17.1 Å². The molecule has 1 aromatic rings. The van der Waals surface area contributed by atoms with Gasteiger partial charge in [0, 0.05) is 0 Å². The maximum Gasteiger partial charge on any atom is 0.340 e. The summed E-state index contributed by atoms with van der Waals surface area (Å²) >= 11 is 3.08. The van der Waals surface area contributed by atoms with Crippen molar-refractivity contribution in [3.8, 4) is 0 Å². The van der Waals surface area contributed by atoms with Crippen molar-refractivity contribution in [2.45, 2.75) is 19.8 Å². The summed E-state index contributed by atoms with van der Waals surface area (Å²) in [4.78, 5) is 11.3. The lowest BCUT2D eigenvalue weighted by atomic mass is 10.0. The molecule has 0 radical (unpaired) electrons. The highest BCUT2D eigenvalue weighted by atomic mass is 79.9. The van der Waals surface area contributed by atoms with E-state index < -0.39 is 11.8 Å². The van der Waals surface area contributed by atoms with Crippen molar-refractivity contribution in [1.82, 2.24) is 0 Å². The number of benzene rings is 1. The summed E-state index contributed by atoms with van der Waals surface area (Å²) < 4.78 is 18.3. The lowest BCUT2D eigenvalue weighted by molar-refractivity contribution is 0.0595. The second-order valence-electron chi connectivity index (χ2n) is 3.51. The summed E-state index contributed by atoms with van der Waals surface area (Å²) in [6, 6.07) is 3.20. The molecule has 82 valence electrons. The second kappa shape index (κ2) is 4.75. The Bertz CT molecular complexity index is 388. The molecule has 1 rings (SSSR count). The standard InChI is InChI=1S/C11H12BrFO2/c1-6(2)7-4-8(11(14)15-3)10(13)9(12)5-7/h4-6H,1-3H3. The van der Waals surface area contributed by atoms with Gasteiger partial charge >= 0.3 is 5.97 Å². The van der Waals surface area contributed by atoms with Crippen LogP contribution in [0.25, 0.3) is 0 Å². The first-order valence-electron chi connectivity index (χ1n) is 4.54. The molecule has 0 aliphatic rings. The first-order chi connectivity index (χ1) is 6.97. The van der Waals surface area contributed by atoms with Crippen LogP contribution in [0.1, 0.15) is 35.7 Å². The lowest BCUT2D eigenvalue weighted by Crippen LogP contribution is -2.06. The molecule has 0 unspecified atom stereocenters. The van der Waals surface area contributed by atoms with E-state index in [1.54, 1.807) is 6.07 Å². The maximum atomic E-state index is 13.5. The molecular formula is C11H12BrFO2. The van der Waals surface area contributed by atoms with Gasteiger partial charge in [0.25, 0.3) is 0 Å². The predicted molar refractivity (Wildman–Crippen MR) is 59.5 cm³/mol. The van der Waals surface area contributed by atoms with Gasteiger partial charge < -0.3 is 4.74 Å². The Labute approximate surface area is 96.6 Å². The Morgan fingerprint density at radius 3 is 2.53 bits per heavy atom. The van der Waals surface area contributed by atoms with Gasteiger partial charge in [0.1, 0.15) is 0 Å². The highest BCUT2D eigenvalue weighted by molar-refractivity contribution is 9.10.